The van der Waals surface area contributed by atoms with Crippen molar-refractivity contribution in [2.75, 3.05) is 0 Å². The maximum atomic E-state index is 13.8. The monoisotopic (exact) mass is 266 g/mol. The molecule has 0 aromatic heterocycles. The van der Waals surface area contributed by atoms with E-state index < -0.39 is 12.9 Å². The molecule has 0 heterocycles. The molecule has 0 aliphatic heterocycles. The molecule has 2 N–H and O–H groups in total. The van der Waals surface area contributed by atoms with Gasteiger partial charge in [0.2, 0.25) is 0 Å². The summed E-state index contributed by atoms with van der Waals surface area (Å²) in [5.74, 6) is 0.0735. The number of rotatable bonds is 4. The molecule has 1 saturated carbocycles. The normalized spacial score (nSPS) is 23.4. The van der Waals surface area contributed by atoms with Crippen LogP contribution in [0.5, 0.6) is 0 Å². The second-order valence-electron chi connectivity index (χ2n) is 5.34. The first-order valence-electron chi connectivity index (χ1n) is 6.84. The summed E-state index contributed by atoms with van der Waals surface area (Å²) >= 11 is 0. The average Bonchev–Trinajstić information content (AvgIpc) is 2.39. The van der Waals surface area contributed by atoms with Crippen LogP contribution in [-0.4, -0.2) is 23.3 Å². The van der Waals surface area contributed by atoms with Crippen molar-refractivity contribution in [2.24, 2.45) is 5.92 Å². The molecule has 104 valence electrons. The predicted molar refractivity (Wildman–Crippen MR) is 72.4 cm³/mol. The first kappa shape index (κ1) is 14.5. The molecular formula is C14H20BFO3. The van der Waals surface area contributed by atoms with Crippen LogP contribution in [0, 0.1) is 11.7 Å². The molecule has 0 amide bonds. The SMILES string of the molecule is CC1CCCCC1OCc1ccc(B(O)O)cc1F. The quantitative estimate of drug-likeness (QED) is 0.814. The average molecular weight is 266 g/mol. The Morgan fingerprint density at radius 3 is 2.68 bits per heavy atom. The summed E-state index contributed by atoms with van der Waals surface area (Å²) in [6.07, 6.45) is 4.83. The number of hydrogen-bond acceptors (Lipinski definition) is 3. The van der Waals surface area contributed by atoms with Gasteiger partial charge in [0.1, 0.15) is 5.82 Å². The van der Waals surface area contributed by atoms with Crippen molar-refractivity contribution in [3.63, 3.8) is 0 Å². The smallest absolute Gasteiger partial charge is 0.423 e. The van der Waals surface area contributed by atoms with Crippen LogP contribution in [-0.2, 0) is 11.3 Å². The van der Waals surface area contributed by atoms with Crippen LogP contribution < -0.4 is 5.46 Å². The van der Waals surface area contributed by atoms with E-state index >= 15 is 0 Å². The fourth-order valence-electron chi connectivity index (χ4n) is 2.57. The van der Waals surface area contributed by atoms with Crippen molar-refractivity contribution < 1.29 is 19.2 Å². The van der Waals surface area contributed by atoms with Gasteiger partial charge in [0, 0.05) is 5.56 Å². The molecular weight excluding hydrogens is 246 g/mol. The van der Waals surface area contributed by atoms with Crippen LogP contribution in [0.2, 0.25) is 0 Å². The molecule has 2 atom stereocenters. The highest BCUT2D eigenvalue weighted by atomic mass is 19.1. The Balaban J connectivity index is 1.95. The maximum Gasteiger partial charge on any atom is 0.488 e. The third-order valence-corrected chi connectivity index (χ3v) is 3.86. The summed E-state index contributed by atoms with van der Waals surface area (Å²) in [5, 5.41) is 17.9. The highest BCUT2D eigenvalue weighted by Gasteiger charge is 2.22. The third-order valence-electron chi connectivity index (χ3n) is 3.86. The van der Waals surface area contributed by atoms with E-state index in [1.807, 2.05) is 0 Å². The molecule has 3 nitrogen and oxygen atoms in total. The summed E-state index contributed by atoms with van der Waals surface area (Å²) < 4.78 is 19.6. The van der Waals surface area contributed by atoms with E-state index in [1.54, 1.807) is 6.07 Å². The summed E-state index contributed by atoms with van der Waals surface area (Å²) in [6, 6.07) is 4.21. The van der Waals surface area contributed by atoms with Gasteiger partial charge in [0.15, 0.2) is 0 Å². The Kier molecular flexibility index (Phi) is 4.96. The van der Waals surface area contributed by atoms with E-state index in [4.69, 9.17) is 14.8 Å². The van der Waals surface area contributed by atoms with Crippen LogP contribution in [0.15, 0.2) is 18.2 Å². The Bertz CT molecular complexity index is 425. The molecule has 1 aromatic rings. The topological polar surface area (TPSA) is 49.7 Å². The molecule has 1 aliphatic carbocycles. The molecule has 1 aromatic carbocycles. The van der Waals surface area contributed by atoms with Crippen molar-refractivity contribution in [1.82, 2.24) is 0 Å². The van der Waals surface area contributed by atoms with Gasteiger partial charge in [0.05, 0.1) is 12.7 Å². The van der Waals surface area contributed by atoms with Crippen LogP contribution in [0.3, 0.4) is 0 Å². The highest BCUT2D eigenvalue weighted by molar-refractivity contribution is 6.58. The largest absolute Gasteiger partial charge is 0.488 e. The van der Waals surface area contributed by atoms with E-state index in [-0.39, 0.29) is 18.2 Å². The van der Waals surface area contributed by atoms with Gasteiger partial charge in [-0.15, -0.1) is 0 Å². The second-order valence-corrected chi connectivity index (χ2v) is 5.34. The van der Waals surface area contributed by atoms with Gasteiger partial charge in [-0.1, -0.05) is 31.9 Å². The van der Waals surface area contributed by atoms with Gasteiger partial charge in [-0.25, -0.2) is 4.39 Å². The Morgan fingerprint density at radius 2 is 2.05 bits per heavy atom. The highest BCUT2D eigenvalue weighted by Crippen LogP contribution is 2.27. The zero-order valence-corrected chi connectivity index (χ0v) is 11.2. The minimum Gasteiger partial charge on any atom is -0.423 e. The van der Waals surface area contributed by atoms with Crippen molar-refractivity contribution in [2.45, 2.75) is 45.3 Å². The van der Waals surface area contributed by atoms with Gasteiger partial charge >= 0.3 is 7.12 Å². The first-order valence-corrected chi connectivity index (χ1v) is 6.84. The van der Waals surface area contributed by atoms with E-state index in [0.29, 0.717) is 11.5 Å². The van der Waals surface area contributed by atoms with Crippen LogP contribution in [0.1, 0.15) is 38.2 Å². The Hall–Kier alpha value is -0.905. The van der Waals surface area contributed by atoms with Crippen LogP contribution >= 0.6 is 0 Å². The Labute approximate surface area is 113 Å². The maximum absolute atomic E-state index is 13.8. The number of ether oxygens (including phenoxy) is 1. The van der Waals surface area contributed by atoms with Gasteiger partial charge in [-0.3, -0.25) is 0 Å². The minimum atomic E-state index is -1.64. The van der Waals surface area contributed by atoms with E-state index in [9.17, 15) is 4.39 Å². The zero-order chi connectivity index (χ0) is 13.8. The number of benzene rings is 1. The summed E-state index contributed by atoms with van der Waals surface area (Å²) in [5.41, 5.74) is 0.620. The molecule has 0 radical (unpaired) electrons. The van der Waals surface area contributed by atoms with Crippen molar-refractivity contribution in [3.8, 4) is 0 Å². The van der Waals surface area contributed by atoms with Gasteiger partial charge in [0.25, 0.3) is 0 Å². The number of hydrogen-bond donors (Lipinski definition) is 2. The van der Waals surface area contributed by atoms with Gasteiger partial charge < -0.3 is 14.8 Å². The number of halogens is 1. The lowest BCUT2D eigenvalue weighted by Gasteiger charge is -2.28. The van der Waals surface area contributed by atoms with E-state index in [2.05, 4.69) is 6.92 Å². The fourth-order valence-corrected chi connectivity index (χ4v) is 2.57. The summed E-state index contributed by atoms with van der Waals surface area (Å²) in [7, 11) is -1.64. The van der Waals surface area contributed by atoms with Gasteiger partial charge in [-0.2, -0.15) is 0 Å². The van der Waals surface area contributed by atoms with Crippen LogP contribution in [0.4, 0.5) is 4.39 Å². The standard InChI is InChI=1S/C14H20BFO3/c1-10-4-2-3-5-14(10)19-9-11-6-7-12(15(17)18)8-13(11)16/h6-8,10,14,17-18H,2-5,9H2,1H3. The third kappa shape index (κ3) is 3.78. The molecule has 5 heteroatoms. The zero-order valence-electron chi connectivity index (χ0n) is 11.2. The van der Waals surface area contributed by atoms with Gasteiger partial charge in [-0.05, 0) is 30.3 Å². The molecule has 19 heavy (non-hydrogen) atoms. The lowest BCUT2D eigenvalue weighted by molar-refractivity contribution is -0.0164. The lowest BCUT2D eigenvalue weighted by atomic mass is 9.80. The molecule has 0 bridgehead atoms. The minimum absolute atomic E-state index is 0.160. The molecule has 0 spiro atoms. The molecule has 2 unspecified atom stereocenters. The lowest BCUT2D eigenvalue weighted by Crippen LogP contribution is -2.30. The first-order chi connectivity index (χ1) is 9.08. The van der Waals surface area contributed by atoms with Crippen molar-refractivity contribution >= 4 is 12.6 Å². The van der Waals surface area contributed by atoms with E-state index in [1.165, 1.54) is 25.3 Å². The van der Waals surface area contributed by atoms with E-state index in [0.717, 1.165) is 12.5 Å². The predicted octanol–water partition coefficient (Wildman–Crippen LogP) is 1.60. The summed E-state index contributed by atoms with van der Waals surface area (Å²) in [4.78, 5) is 0. The fraction of sp³-hybridized carbons (Fsp3) is 0.571. The van der Waals surface area contributed by atoms with Crippen molar-refractivity contribution in [1.29, 1.82) is 0 Å². The van der Waals surface area contributed by atoms with Crippen molar-refractivity contribution in [3.05, 3.63) is 29.6 Å². The Morgan fingerprint density at radius 1 is 1.32 bits per heavy atom. The summed E-state index contributed by atoms with van der Waals surface area (Å²) in [6.45, 7) is 2.41. The molecule has 0 saturated heterocycles. The van der Waals surface area contributed by atoms with Crippen LogP contribution in [0.25, 0.3) is 0 Å². The second kappa shape index (κ2) is 6.50. The molecule has 1 fully saturated rings. The molecule has 2 rings (SSSR count). The molecule has 1 aliphatic rings.